The first kappa shape index (κ1) is 25.0. The maximum atomic E-state index is 17.5. The molecule has 4 aliphatic rings. The zero-order valence-corrected chi connectivity index (χ0v) is 20.7. The second kappa shape index (κ2) is 7.92. The van der Waals surface area contributed by atoms with Gasteiger partial charge in [0.05, 0.1) is 18.0 Å². The van der Waals surface area contributed by atoms with E-state index in [2.05, 4.69) is 10.3 Å². The fourth-order valence-electron chi connectivity index (χ4n) is 8.21. The summed E-state index contributed by atoms with van der Waals surface area (Å²) in [7, 11) is 0. The number of aromatic nitrogens is 1. The SMILES string of the molecule is C[C@@H]1C[C@H]2[C@@H]3CCC4=CC(Nc5ccc(F)nc5)=C(C=N)C[C@]4(C)[C@@]3(F)[C@@H](O)C[C@]2(C)[C@@]1(O)C(=O)O. The number of rotatable bonds is 4. The molecule has 7 nitrogen and oxygen atoms in total. The number of nitrogens with one attached hydrogen (secondary N) is 2. The predicted molar refractivity (Wildman–Crippen MR) is 130 cm³/mol. The van der Waals surface area contributed by atoms with Crippen LogP contribution in [0.1, 0.15) is 52.9 Å². The Kier molecular flexibility index (Phi) is 5.51. The summed E-state index contributed by atoms with van der Waals surface area (Å²) in [6.07, 6.45) is 4.22. The van der Waals surface area contributed by atoms with Crippen LogP contribution < -0.4 is 5.32 Å². The molecule has 1 aromatic heterocycles. The summed E-state index contributed by atoms with van der Waals surface area (Å²) < 4.78 is 30.8. The van der Waals surface area contributed by atoms with E-state index < -0.39 is 57.9 Å². The maximum Gasteiger partial charge on any atom is 0.336 e. The van der Waals surface area contributed by atoms with Crippen LogP contribution in [0.2, 0.25) is 0 Å². The first-order chi connectivity index (χ1) is 16.8. The molecule has 0 saturated heterocycles. The van der Waals surface area contributed by atoms with Crippen LogP contribution in [0, 0.1) is 39.9 Å². The lowest BCUT2D eigenvalue weighted by molar-refractivity contribution is -0.231. The number of alkyl halides is 1. The van der Waals surface area contributed by atoms with Crippen molar-refractivity contribution in [3.05, 3.63) is 47.2 Å². The molecule has 194 valence electrons. The monoisotopic (exact) mass is 501 g/mol. The molecule has 3 fully saturated rings. The highest BCUT2D eigenvalue weighted by atomic mass is 19.1. The molecule has 4 aliphatic carbocycles. The first-order valence-electron chi connectivity index (χ1n) is 12.5. The Morgan fingerprint density at radius 3 is 2.64 bits per heavy atom. The maximum absolute atomic E-state index is 17.5. The number of hydrogen-bond acceptors (Lipinski definition) is 6. The summed E-state index contributed by atoms with van der Waals surface area (Å²) in [5.41, 5.74) is -3.85. The molecule has 3 saturated carbocycles. The molecule has 0 spiro atoms. The van der Waals surface area contributed by atoms with Crippen LogP contribution in [0.4, 0.5) is 14.5 Å². The Bertz CT molecular complexity index is 1190. The van der Waals surface area contributed by atoms with Crippen LogP contribution in [0.25, 0.3) is 0 Å². The number of pyridine rings is 1. The first-order valence-corrected chi connectivity index (χ1v) is 12.5. The Hall–Kier alpha value is -2.65. The van der Waals surface area contributed by atoms with Gasteiger partial charge in [-0.1, -0.05) is 26.3 Å². The molecule has 0 aromatic carbocycles. The molecular weight excluding hydrogens is 468 g/mol. The number of carbonyl (C=O) groups is 1. The number of carboxylic acid groups (broad SMARTS) is 1. The number of aliphatic hydroxyl groups excluding tert-OH is 1. The van der Waals surface area contributed by atoms with Crippen molar-refractivity contribution in [1.29, 1.82) is 5.41 Å². The van der Waals surface area contributed by atoms with E-state index in [1.165, 1.54) is 24.5 Å². The number of halogens is 2. The van der Waals surface area contributed by atoms with Crippen LogP contribution in [0.3, 0.4) is 0 Å². The molecule has 0 bridgehead atoms. The lowest BCUT2D eigenvalue weighted by atomic mass is 9.44. The van der Waals surface area contributed by atoms with E-state index in [-0.39, 0.29) is 12.8 Å². The minimum atomic E-state index is -2.05. The number of allylic oxidation sites excluding steroid dienone is 3. The van der Waals surface area contributed by atoms with Crippen molar-refractivity contribution in [2.75, 3.05) is 5.32 Å². The van der Waals surface area contributed by atoms with Crippen molar-refractivity contribution >= 4 is 17.9 Å². The standard InChI is InChI=1S/C27H33F2N3O4/c1-14-8-19-18-6-4-16-9-20(32-17-5-7-22(28)31-13-17)15(12-30)10-24(16,2)26(18,29)21(33)11-25(19,3)27(14,36)23(34)35/h5,7,9,12-14,18-19,21,30,32-33,36H,4,6,8,10-11H2,1-3H3,(H,34,35)/t14-,18+,19+,21+,24+,25+,26+,27+/m1/s1. The topological polar surface area (TPSA) is 127 Å². The summed E-state index contributed by atoms with van der Waals surface area (Å²) in [6, 6.07) is 2.76. The smallest absolute Gasteiger partial charge is 0.336 e. The van der Waals surface area contributed by atoms with Gasteiger partial charge in [-0.3, -0.25) is 0 Å². The number of aliphatic carboxylic acids is 1. The van der Waals surface area contributed by atoms with Crippen LogP contribution in [0.5, 0.6) is 0 Å². The lowest BCUT2D eigenvalue weighted by Crippen LogP contribution is -2.69. The number of anilines is 1. The third-order valence-electron chi connectivity index (χ3n) is 10.1. The Balaban J connectivity index is 1.54. The molecule has 5 rings (SSSR count). The molecule has 0 unspecified atom stereocenters. The number of aliphatic hydroxyl groups is 2. The van der Waals surface area contributed by atoms with Gasteiger partial charge < -0.3 is 26.0 Å². The van der Waals surface area contributed by atoms with Crippen LogP contribution >= 0.6 is 0 Å². The molecule has 5 N–H and O–H groups in total. The van der Waals surface area contributed by atoms with E-state index in [0.717, 1.165) is 5.57 Å². The van der Waals surface area contributed by atoms with Gasteiger partial charge in [-0.25, -0.2) is 14.2 Å². The quantitative estimate of drug-likeness (QED) is 0.310. The minimum absolute atomic E-state index is 0.156. The van der Waals surface area contributed by atoms with Gasteiger partial charge in [0, 0.05) is 28.7 Å². The number of nitrogens with zero attached hydrogens (tertiary/aromatic N) is 1. The summed E-state index contributed by atoms with van der Waals surface area (Å²) in [5.74, 6) is -3.54. The average Bonchev–Trinajstić information content (AvgIpc) is 3.03. The molecular formula is C27H33F2N3O4. The van der Waals surface area contributed by atoms with Gasteiger partial charge >= 0.3 is 5.97 Å². The molecule has 1 aromatic rings. The zero-order chi connectivity index (χ0) is 26.3. The summed E-state index contributed by atoms with van der Waals surface area (Å²) in [6.45, 7) is 5.17. The van der Waals surface area contributed by atoms with Crippen molar-refractivity contribution in [2.24, 2.45) is 28.6 Å². The van der Waals surface area contributed by atoms with Crippen molar-refractivity contribution in [3.63, 3.8) is 0 Å². The van der Waals surface area contributed by atoms with E-state index in [9.17, 15) is 24.5 Å². The van der Waals surface area contributed by atoms with Gasteiger partial charge in [0.15, 0.2) is 5.60 Å². The van der Waals surface area contributed by atoms with E-state index in [4.69, 9.17) is 5.41 Å². The van der Waals surface area contributed by atoms with Gasteiger partial charge in [0.1, 0.15) is 5.67 Å². The molecule has 9 heteroatoms. The normalized spacial score (nSPS) is 43.7. The van der Waals surface area contributed by atoms with Gasteiger partial charge in [-0.05, 0) is 67.7 Å². The van der Waals surface area contributed by atoms with Crippen LogP contribution in [0.15, 0.2) is 41.2 Å². The molecule has 0 radical (unpaired) electrons. The Labute approximate surface area is 208 Å². The highest BCUT2D eigenvalue weighted by Gasteiger charge is 2.76. The summed E-state index contributed by atoms with van der Waals surface area (Å²) in [4.78, 5) is 15.9. The molecule has 8 atom stereocenters. The second-order valence-electron chi connectivity index (χ2n) is 11.6. The predicted octanol–water partition coefficient (Wildman–Crippen LogP) is 4.23. The molecule has 0 aliphatic heterocycles. The molecule has 1 heterocycles. The van der Waals surface area contributed by atoms with Gasteiger partial charge in [-0.15, -0.1) is 0 Å². The van der Waals surface area contributed by atoms with Gasteiger partial charge in [0.2, 0.25) is 5.95 Å². The fourth-order valence-corrected chi connectivity index (χ4v) is 8.21. The minimum Gasteiger partial charge on any atom is -0.479 e. The van der Waals surface area contributed by atoms with Crippen LogP contribution in [-0.4, -0.2) is 49.9 Å². The highest BCUT2D eigenvalue weighted by Crippen LogP contribution is 2.71. The van der Waals surface area contributed by atoms with E-state index in [1.807, 2.05) is 6.08 Å². The summed E-state index contributed by atoms with van der Waals surface area (Å²) >= 11 is 0. The third kappa shape index (κ3) is 2.99. The van der Waals surface area contributed by atoms with Crippen molar-refractivity contribution in [2.45, 2.75) is 70.2 Å². The van der Waals surface area contributed by atoms with Crippen molar-refractivity contribution < 1.29 is 28.9 Å². The van der Waals surface area contributed by atoms with Crippen molar-refractivity contribution in [1.82, 2.24) is 4.98 Å². The lowest BCUT2D eigenvalue weighted by Gasteiger charge is -2.63. The van der Waals surface area contributed by atoms with Gasteiger partial charge in [-0.2, -0.15) is 4.39 Å². The van der Waals surface area contributed by atoms with E-state index >= 15 is 4.39 Å². The van der Waals surface area contributed by atoms with E-state index in [0.29, 0.717) is 36.2 Å². The number of carboxylic acids is 1. The third-order valence-corrected chi connectivity index (χ3v) is 10.1. The van der Waals surface area contributed by atoms with Crippen LogP contribution in [-0.2, 0) is 4.79 Å². The second-order valence-corrected chi connectivity index (χ2v) is 11.6. The largest absolute Gasteiger partial charge is 0.479 e. The zero-order valence-electron chi connectivity index (χ0n) is 20.7. The van der Waals surface area contributed by atoms with E-state index in [1.54, 1.807) is 20.8 Å². The summed E-state index contributed by atoms with van der Waals surface area (Å²) in [5, 5.41) is 43.9. The average molecular weight is 502 g/mol. The molecule has 0 amide bonds. The Morgan fingerprint density at radius 2 is 2.03 bits per heavy atom. The number of fused-ring (bicyclic) bond motifs is 5. The fraction of sp³-hybridized carbons (Fsp3) is 0.593. The van der Waals surface area contributed by atoms with Gasteiger partial charge in [0.25, 0.3) is 0 Å². The molecule has 36 heavy (non-hydrogen) atoms. The van der Waals surface area contributed by atoms with Crippen molar-refractivity contribution in [3.8, 4) is 0 Å². The number of hydrogen-bond donors (Lipinski definition) is 5. The highest BCUT2D eigenvalue weighted by molar-refractivity contribution is 5.81. The Morgan fingerprint density at radius 1 is 1.31 bits per heavy atom.